The first-order chi connectivity index (χ1) is 8.00. The van der Waals surface area contributed by atoms with E-state index in [0.29, 0.717) is 0 Å². The Morgan fingerprint density at radius 3 is 1.25 bits per heavy atom. The second-order valence-electron chi connectivity index (χ2n) is 2.38. The summed E-state index contributed by atoms with van der Waals surface area (Å²) in [6, 6.07) is 5.72. The third kappa shape index (κ3) is 7.78. The number of pyridine rings is 1. The van der Waals surface area contributed by atoms with Crippen molar-refractivity contribution in [2.24, 2.45) is 0 Å². The van der Waals surface area contributed by atoms with Gasteiger partial charge >= 0.3 is 0 Å². The van der Waals surface area contributed by atoms with Gasteiger partial charge in [0.1, 0.15) is 0 Å². The van der Waals surface area contributed by atoms with Gasteiger partial charge in [0.25, 0.3) is 0 Å². The molecule has 0 radical (unpaired) electrons. The Morgan fingerprint density at radius 1 is 0.562 bits per heavy atom. The first-order valence-electron chi connectivity index (χ1n) is 4.49. The summed E-state index contributed by atoms with van der Waals surface area (Å²) in [5.41, 5.74) is 3.58. The van der Waals surface area contributed by atoms with Crippen LogP contribution in [-0.2, 0) is 0 Å². The third-order valence-corrected chi connectivity index (χ3v) is 2.31. The molecule has 82 valence electrons. The Bertz CT molecular complexity index is 311. The van der Waals surface area contributed by atoms with E-state index in [-0.39, 0.29) is 0 Å². The van der Waals surface area contributed by atoms with Gasteiger partial charge in [0.05, 0.1) is 11.0 Å². The van der Waals surface area contributed by atoms with E-state index in [1.165, 1.54) is 0 Å². The van der Waals surface area contributed by atoms with Crippen molar-refractivity contribution in [1.82, 2.24) is 15.0 Å². The standard InChI is InChI=1S/C5H5N.2C3H3NS/c1-2-4-6-5-3-1;2*1-2-5-3-4-1/h1-5H;2*1-3H. The number of hydrogen-bond acceptors (Lipinski definition) is 5. The summed E-state index contributed by atoms with van der Waals surface area (Å²) in [6.07, 6.45) is 7.04. The van der Waals surface area contributed by atoms with E-state index in [2.05, 4.69) is 15.0 Å². The number of rotatable bonds is 0. The van der Waals surface area contributed by atoms with Gasteiger partial charge in [0.2, 0.25) is 0 Å². The van der Waals surface area contributed by atoms with Crippen LogP contribution < -0.4 is 0 Å². The maximum atomic E-state index is 3.78. The molecule has 0 aromatic carbocycles. The summed E-state index contributed by atoms with van der Waals surface area (Å²) in [4.78, 5) is 11.3. The Kier molecular flexibility index (Phi) is 7.76. The lowest BCUT2D eigenvalue weighted by molar-refractivity contribution is 1.33. The van der Waals surface area contributed by atoms with Gasteiger partial charge in [-0.25, -0.2) is 0 Å². The van der Waals surface area contributed by atoms with Crippen molar-refractivity contribution in [2.45, 2.75) is 0 Å². The lowest BCUT2D eigenvalue weighted by Crippen LogP contribution is -1.58. The zero-order chi connectivity index (χ0) is 11.3. The van der Waals surface area contributed by atoms with Crippen LogP contribution in [0, 0.1) is 0 Å². The molecule has 0 unspecified atom stereocenters. The molecule has 0 N–H and O–H groups in total. The van der Waals surface area contributed by atoms with Crippen LogP contribution >= 0.6 is 22.7 Å². The largest absolute Gasteiger partial charge is 0.265 e. The summed E-state index contributed by atoms with van der Waals surface area (Å²) in [5.74, 6) is 0. The Balaban J connectivity index is 0.000000121. The van der Waals surface area contributed by atoms with Crippen LogP contribution in [0.25, 0.3) is 0 Å². The minimum atomic E-state index is 1.60. The molecule has 3 nitrogen and oxygen atoms in total. The monoisotopic (exact) mass is 249 g/mol. The topological polar surface area (TPSA) is 38.7 Å². The van der Waals surface area contributed by atoms with E-state index in [1.807, 2.05) is 29.0 Å². The van der Waals surface area contributed by atoms with Crippen LogP contribution in [0.15, 0.2) is 64.8 Å². The molecule has 0 aliphatic heterocycles. The van der Waals surface area contributed by atoms with Gasteiger partial charge in [0.15, 0.2) is 0 Å². The zero-order valence-electron chi connectivity index (χ0n) is 8.51. The van der Waals surface area contributed by atoms with Crippen molar-refractivity contribution in [3.8, 4) is 0 Å². The molecule has 3 rings (SSSR count). The number of aromatic nitrogens is 3. The molecule has 0 saturated carbocycles. The fraction of sp³-hybridized carbons (Fsp3) is 0. The first kappa shape index (κ1) is 12.5. The van der Waals surface area contributed by atoms with Crippen LogP contribution in [0.2, 0.25) is 0 Å². The predicted molar refractivity (Wildman–Crippen MR) is 68.5 cm³/mol. The molecule has 0 bridgehead atoms. The maximum absolute atomic E-state index is 3.78. The summed E-state index contributed by atoms with van der Waals surface area (Å²) in [6.45, 7) is 0. The first-order valence-corrected chi connectivity index (χ1v) is 6.38. The molecule has 0 saturated heterocycles. The van der Waals surface area contributed by atoms with Gasteiger partial charge in [-0.1, -0.05) is 6.07 Å². The highest BCUT2D eigenvalue weighted by Gasteiger charge is 1.60. The highest BCUT2D eigenvalue weighted by Crippen LogP contribution is 1.86. The van der Waals surface area contributed by atoms with Crippen LogP contribution in [-0.4, -0.2) is 15.0 Å². The van der Waals surface area contributed by atoms with Crippen LogP contribution in [0.5, 0.6) is 0 Å². The minimum absolute atomic E-state index is 1.60. The molecule has 0 fully saturated rings. The highest BCUT2D eigenvalue weighted by molar-refractivity contribution is 7.07. The van der Waals surface area contributed by atoms with E-state index in [9.17, 15) is 0 Å². The average molecular weight is 249 g/mol. The molecule has 3 heterocycles. The molecule has 0 atom stereocenters. The summed E-state index contributed by atoms with van der Waals surface area (Å²) in [7, 11) is 0. The van der Waals surface area contributed by atoms with Crippen molar-refractivity contribution in [3.05, 3.63) is 64.8 Å². The molecular weight excluding hydrogens is 238 g/mol. The second-order valence-corrected chi connectivity index (χ2v) is 3.89. The quantitative estimate of drug-likeness (QED) is 0.613. The SMILES string of the molecule is c1ccncc1.c1cscn1.c1cscn1. The molecular formula is C11H11N3S2. The van der Waals surface area contributed by atoms with Crippen molar-refractivity contribution in [2.75, 3.05) is 0 Å². The van der Waals surface area contributed by atoms with E-state index in [1.54, 1.807) is 58.5 Å². The summed E-state index contributed by atoms with van der Waals surface area (Å²) >= 11 is 3.20. The highest BCUT2D eigenvalue weighted by atomic mass is 32.1. The van der Waals surface area contributed by atoms with Gasteiger partial charge in [-0.15, -0.1) is 22.7 Å². The Morgan fingerprint density at radius 2 is 1.12 bits per heavy atom. The molecule has 16 heavy (non-hydrogen) atoms. The van der Waals surface area contributed by atoms with E-state index < -0.39 is 0 Å². The number of thiazole rings is 2. The van der Waals surface area contributed by atoms with Crippen LogP contribution in [0.3, 0.4) is 0 Å². The Hall–Kier alpha value is -1.59. The van der Waals surface area contributed by atoms with Crippen molar-refractivity contribution in [1.29, 1.82) is 0 Å². The lowest BCUT2D eigenvalue weighted by Gasteiger charge is -1.70. The average Bonchev–Trinajstić information content (AvgIpc) is 3.10. The van der Waals surface area contributed by atoms with Gasteiger partial charge in [-0.2, -0.15) is 0 Å². The number of hydrogen-bond donors (Lipinski definition) is 0. The van der Waals surface area contributed by atoms with E-state index in [0.717, 1.165) is 0 Å². The smallest absolute Gasteiger partial charge is 0.0791 e. The lowest BCUT2D eigenvalue weighted by atomic mass is 10.5. The Labute approximate surface area is 102 Å². The predicted octanol–water partition coefficient (Wildman–Crippen LogP) is 3.37. The summed E-state index contributed by atoms with van der Waals surface area (Å²) in [5, 5.41) is 3.86. The molecule has 0 aliphatic carbocycles. The van der Waals surface area contributed by atoms with Gasteiger partial charge in [0, 0.05) is 35.5 Å². The second kappa shape index (κ2) is 9.95. The van der Waals surface area contributed by atoms with Gasteiger partial charge in [-0.3, -0.25) is 15.0 Å². The van der Waals surface area contributed by atoms with Gasteiger partial charge in [-0.05, 0) is 12.1 Å². The molecule has 3 aromatic rings. The molecule has 3 aromatic heterocycles. The molecule has 0 amide bonds. The third-order valence-electron chi connectivity index (χ3n) is 1.26. The maximum Gasteiger partial charge on any atom is 0.0791 e. The van der Waals surface area contributed by atoms with Gasteiger partial charge < -0.3 is 0 Å². The molecule has 0 spiro atoms. The van der Waals surface area contributed by atoms with Crippen LogP contribution in [0.4, 0.5) is 0 Å². The minimum Gasteiger partial charge on any atom is -0.265 e. The van der Waals surface area contributed by atoms with Crippen molar-refractivity contribution >= 4 is 22.7 Å². The van der Waals surface area contributed by atoms with E-state index in [4.69, 9.17) is 0 Å². The summed E-state index contributed by atoms with van der Waals surface area (Å²) < 4.78 is 0. The zero-order valence-corrected chi connectivity index (χ0v) is 10.1. The van der Waals surface area contributed by atoms with Crippen molar-refractivity contribution < 1.29 is 0 Å². The van der Waals surface area contributed by atoms with Crippen LogP contribution in [0.1, 0.15) is 0 Å². The van der Waals surface area contributed by atoms with Crippen molar-refractivity contribution in [3.63, 3.8) is 0 Å². The fourth-order valence-electron chi connectivity index (χ4n) is 0.664. The van der Waals surface area contributed by atoms with E-state index >= 15 is 0 Å². The number of nitrogens with zero attached hydrogens (tertiary/aromatic N) is 3. The molecule has 0 aliphatic rings. The fourth-order valence-corrected chi connectivity index (χ4v) is 1.37. The normalized spacial score (nSPS) is 8.00. The molecule has 5 heteroatoms.